The Morgan fingerprint density at radius 3 is 1.86 bits per heavy atom. The molecule has 8 amide bonds. The number of fused-ring (bicyclic) bond motifs is 15. The number of hydrogen-bond donors (Lipinski definition) is 23. The number of aliphatic hydroxyl groups is 6. The van der Waals surface area contributed by atoms with Crippen molar-refractivity contribution in [2.24, 2.45) is 17.4 Å². The molecule has 11 bridgehead atoms. The Labute approximate surface area is 696 Å². The first-order chi connectivity index (χ1) is 56.8. The topological polar surface area (TPSA) is 664 Å². The summed E-state index contributed by atoms with van der Waals surface area (Å²) in [7, 11) is -9.27. The standard InChI is InChI=1S/C76H88Cl2N10O31P2/c1-29(2)16-42(81-5)68(100)87-59-61(95)33-9-14-46(40(77)19-33)115-48-21-35-22-49(65(48)119-75-66(64(98)63(97)50(27-89)117-75)118-53-26-76(4,80)67(99)30(3)114-53)116-47-15-10-34(20-41(47)78)62(96)60-73(105)86-58(74(106)113-28-52(94)82-36-11-6-31(7-12-36)17-54(120(107,108)109)121(110,111)112)39-23-37(90)24-45(92)55(39)38-18-32(8-13-44(38)91)56(70(102)88-60)85-71(103)57(35)84-69(101)43(25-51(79)93)83-72(59)104/h6-15,18-24,29-30,42-43,50,53-54,56-64,66-67,75,81,89-92,95-99H,16-17,25-28,80H2,1-5H3,(H2,79,93)(H,82,94)(H,83,104)(H,84,101)(H,85,103)(H,86,105)(H,87,100)(H,88,102)(H2,107,108,109)(H2,110,111,112)/t30-,42+,43-,50+,53-,56+,57+,58-,59+,60-,61+,62+,63+,64-,66+,67+,75-,76-/m0/s1. The summed E-state index contributed by atoms with van der Waals surface area (Å²) in [6, 6.07) is 2.78. The number of carbonyl (C=O) groups is 9. The summed E-state index contributed by atoms with van der Waals surface area (Å²) in [5.74, 6) is -17.9. The molecular weight excluding hydrogens is 1680 g/mol. The van der Waals surface area contributed by atoms with Crippen LogP contribution in [-0.2, 0) is 77.6 Å². The maximum absolute atomic E-state index is 16.3. The Balaban J connectivity index is 1.09. The van der Waals surface area contributed by atoms with Crippen LogP contribution in [0, 0.1) is 5.92 Å². The molecule has 0 unspecified atom stereocenters. The van der Waals surface area contributed by atoms with Crippen LogP contribution in [-0.4, -0.2) is 223 Å². The molecule has 0 aromatic heterocycles. The number of anilines is 1. The summed E-state index contributed by atoms with van der Waals surface area (Å²) in [5.41, 5.74) is 7.39. The van der Waals surface area contributed by atoms with Gasteiger partial charge >= 0.3 is 21.2 Å². The zero-order valence-electron chi connectivity index (χ0n) is 64.5. The van der Waals surface area contributed by atoms with E-state index >= 15 is 19.2 Å². The van der Waals surface area contributed by atoms with Crippen molar-refractivity contribution in [2.45, 2.75) is 168 Å². The van der Waals surface area contributed by atoms with Gasteiger partial charge in [-0.2, -0.15) is 0 Å². The van der Waals surface area contributed by atoms with Crippen molar-refractivity contribution in [3.63, 3.8) is 0 Å². The molecule has 41 nitrogen and oxygen atoms in total. The summed E-state index contributed by atoms with van der Waals surface area (Å²) in [4.78, 5) is 173. The van der Waals surface area contributed by atoms with Gasteiger partial charge in [0.2, 0.25) is 53.4 Å². The van der Waals surface area contributed by atoms with E-state index in [1.165, 1.54) is 27.0 Å². The largest absolute Gasteiger partial charge is 0.508 e. The summed E-state index contributed by atoms with van der Waals surface area (Å²) in [6.45, 7) is 4.30. The highest BCUT2D eigenvalue weighted by Crippen LogP contribution is 2.61. The molecule has 6 aromatic carbocycles. The number of rotatable bonds is 20. The minimum atomic E-state index is -5.36. The number of aromatic hydroxyl groups is 3. The SMILES string of the molecule is CN[C@H](CC(C)C)C(=O)N[C@H]1C(=O)N[C@@H](CC(N)=O)C(=O)N[C@H]2C(=O)N[C@H]3C(=O)N[C@H](C(=O)N[C@H](C(=O)OCC(=O)Nc4ccc(CC(P(=O)(O)O)P(=O)(O)O)cc4)c4cc(O)cc(O)c4-c4cc3ccc4O)[C@H](O)c3ccc(c(Cl)c3)Oc3cc2cc(c3O[C@@H]2O[C@H](CO)[C@@H](O)[C@H](O)[C@H]2O[C@H]2C[C@](C)(N)[C@H](O)[C@H](C)O2)Oc2ccc(cc2Cl)[C@H]1O. The van der Waals surface area contributed by atoms with E-state index in [2.05, 4.69) is 42.5 Å². The number of hydrogen-bond acceptors (Lipinski definition) is 29. The molecule has 121 heavy (non-hydrogen) atoms. The molecule has 7 heterocycles. The van der Waals surface area contributed by atoms with Crippen LogP contribution in [0.15, 0.2) is 103 Å². The van der Waals surface area contributed by atoms with Gasteiger partial charge in [-0.25, -0.2) is 4.79 Å². The Morgan fingerprint density at radius 1 is 0.686 bits per heavy atom. The first-order valence-electron chi connectivity index (χ1n) is 37.2. The predicted molar refractivity (Wildman–Crippen MR) is 419 cm³/mol. The van der Waals surface area contributed by atoms with E-state index in [1.807, 2.05) is 0 Å². The summed E-state index contributed by atoms with van der Waals surface area (Å²) in [5, 5.41) is 122. The van der Waals surface area contributed by atoms with Gasteiger partial charge in [-0.15, -0.1) is 0 Å². The van der Waals surface area contributed by atoms with Crippen molar-refractivity contribution >= 4 is 97.3 Å². The minimum absolute atomic E-state index is 0.000670. The number of ether oxygens (including phenoxy) is 7. The van der Waals surface area contributed by atoms with E-state index in [9.17, 15) is 98.6 Å². The zero-order valence-corrected chi connectivity index (χ0v) is 67.8. The third-order valence-electron chi connectivity index (χ3n) is 20.5. The van der Waals surface area contributed by atoms with Crippen LogP contribution in [0.5, 0.6) is 46.0 Å². The quantitative estimate of drug-likeness (QED) is 0.0364. The normalized spacial score (nSPS) is 26.8. The highest BCUT2D eigenvalue weighted by atomic mass is 35.5. The maximum Gasteiger partial charge on any atom is 0.341 e. The molecule has 0 radical (unpaired) electrons. The molecule has 2 fully saturated rings. The van der Waals surface area contributed by atoms with Crippen molar-refractivity contribution in [1.82, 2.24) is 37.2 Å². The number of phenolic OH excluding ortho intramolecular Hbond substituents is 3. The lowest BCUT2D eigenvalue weighted by molar-refractivity contribution is -0.333. The molecule has 0 aliphatic carbocycles. The van der Waals surface area contributed by atoms with Crippen LogP contribution in [0.25, 0.3) is 11.1 Å². The summed E-state index contributed by atoms with van der Waals surface area (Å²) in [6.07, 6.45) is -20.0. The van der Waals surface area contributed by atoms with Gasteiger partial charge < -0.3 is 153 Å². The van der Waals surface area contributed by atoms with Crippen molar-refractivity contribution in [1.29, 1.82) is 0 Å². The fraction of sp³-hybridized carbons (Fsp3) is 0.408. The Morgan fingerprint density at radius 2 is 1.28 bits per heavy atom. The van der Waals surface area contributed by atoms with E-state index in [0.29, 0.717) is 6.07 Å². The number of phenols is 3. The first kappa shape index (κ1) is 91.5. The molecule has 0 spiro atoms. The number of amides is 8. The molecule has 25 N–H and O–H groups in total. The van der Waals surface area contributed by atoms with E-state index in [1.54, 1.807) is 13.8 Å². The molecule has 18 atom stereocenters. The molecular formula is C76H88Cl2N10O31P2. The van der Waals surface area contributed by atoms with Gasteiger partial charge in [0.15, 0.2) is 41.9 Å². The molecule has 652 valence electrons. The number of carbonyl (C=O) groups excluding carboxylic acids is 9. The van der Waals surface area contributed by atoms with Crippen molar-refractivity contribution in [3.05, 3.63) is 147 Å². The van der Waals surface area contributed by atoms with Crippen molar-refractivity contribution in [3.8, 4) is 57.1 Å². The molecule has 6 aromatic rings. The third-order valence-corrected chi connectivity index (χ3v) is 24.9. The molecule has 2 saturated heterocycles. The third kappa shape index (κ3) is 20.9. The number of halogens is 2. The lowest BCUT2D eigenvalue weighted by Gasteiger charge is -2.47. The number of nitrogens with two attached hydrogens (primary N) is 2. The Kier molecular flexibility index (Phi) is 28.2. The van der Waals surface area contributed by atoms with Crippen LogP contribution in [0.4, 0.5) is 5.69 Å². The van der Waals surface area contributed by atoms with Gasteiger partial charge in [-0.3, -0.25) is 47.5 Å². The van der Waals surface area contributed by atoms with E-state index in [-0.39, 0.29) is 46.9 Å². The highest BCUT2D eigenvalue weighted by Gasteiger charge is 2.52. The molecule has 7 aliphatic rings. The summed E-state index contributed by atoms with van der Waals surface area (Å²) < 4.78 is 67.9. The number of esters is 1. The van der Waals surface area contributed by atoms with Gasteiger partial charge in [0.1, 0.15) is 89.5 Å². The average molecular weight is 1770 g/mol. The van der Waals surface area contributed by atoms with Crippen LogP contribution in [0.1, 0.15) is 111 Å². The highest BCUT2D eigenvalue weighted by molar-refractivity contribution is 7.70. The molecule has 13 rings (SSSR count). The van der Waals surface area contributed by atoms with E-state index < -0.39 is 287 Å². The number of benzene rings is 6. The molecule has 0 saturated carbocycles. The number of likely N-dealkylation sites (N-methyl/N-ethyl adjacent to an activating group) is 1. The Hall–Kier alpha value is -10.2. The van der Waals surface area contributed by atoms with Crippen LogP contribution >= 0.6 is 38.4 Å². The van der Waals surface area contributed by atoms with E-state index in [4.69, 9.17) is 67.8 Å². The number of primary amides is 1. The van der Waals surface area contributed by atoms with Crippen molar-refractivity contribution < 1.29 is 151 Å². The number of aliphatic hydroxyl groups excluding tert-OH is 6. The first-order valence-corrected chi connectivity index (χ1v) is 41.3. The maximum atomic E-state index is 16.3. The van der Waals surface area contributed by atoms with Crippen LogP contribution < -0.4 is 68.2 Å². The monoisotopic (exact) mass is 1770 g/mol. The van der Waals surface area contributed by atoms with E-state index in [0.717, 1.165) is 91.0 Å². The van der Waals surface area contributed by atoms with Gasteiger partial charge in [0.25, 0.3) is 5.91 Å². The number of nitrogens with one attached hydrogen (secondary N) is 8. The minimum Gasteiger partial charge on any atom is -0.508 e. The Bertz CT molecular complexity index is 5080. The molecule has 7 aliphatic heterocycles. The van der Waals surface area contributed by atoms with Gasteiger partial charge in [0, 0.05) is 40.4 Å². The van der Waals surface area contributed by atoms with Crippen molar-refractivity contribution in [2.75, 3.05) is 25.6 Å². The smallest absolute Gasteiger partial charge is 0.341 e. The lowest BCUT2D eigenvalue weighted by atomic mass is 9.86. The molecule has 45 heteroatoms. The van der Waals surface area contributed by atoms with Crippen LogP contribution in [0.2, 0.25) is 10.0 Å². The van der Waals surface area contributed by atoms with Gasteiger partial charge in [-0.1, -0.05) is 67.4 Å². The second-order valence-corrected chi connectivity index (χ2v) is 34.9. The van der Waals surface area contributed by atoms with Gasteiger partial charge in [-0.05, 0) is 134 Å². The fourth-order valence-corrected chi connectivity index (χ4v) is 17.2. The predicted octanol–water partition coefficient (Wildman–Crippen LogP) is 0.428. The van der Waals surface area contributed by atoms with Gasteiger partial charge in [0.05, 0.1) is 41.3 Å². The average Bonchev–Trinajstić information content (AvgIpc) is 0.762. The zero-order chi connectivity index (χ0) is 88.5. The second-order valence-electron chi connectivity index (χ2n) is 30.1. The second kappa shape index (κ2) is 37.2. The fourth-order valence-electron chi connectivity index (χ4n) is 14.3. The summed E-state index contributed by atoms with van der Waals surface area (Å²) >= 11 is 14.2. The lowest BCUT2D eigenvalue weighted by Crippen LogP contribution is -2.64. The van der Waals surface area contributed by atoms with Crippen LogP contribution in [0.3, 0.4) is 0 Å².